The lowest BCUT2D eigenvalue weighted by molar-refractivity contribution is -0.167. The number of hydrogen-bond acceptors (Lipinski definition) is 5. The van der Waals surface area contributed by atoms with Gasteiger partial charge in [0.05, 0.1) is 17.8 Å². The maximum Gasteiger partial charge on any atom is 0.311 e. The molecule has 0 bridgehead atoms. The average molecular weight is 475 g/mol. The predicted octanol–water partition coefficient (Wildman–Crippen LogP) is 5.00. The Bertz CT molecular complexity index is 871. The zero-order valence-electron chi connectivity index (χ0n) is 17.7. The lowest BCUT2D eigenvalue weighted by Gasteiger charge is -2.33. The van der Waals surface area contributed by atoms with Crippen molar-refractivity contribution in [1.29, 1.82) is 0 Å². The van der Waals surface area contributed by atoms with E-state index in [4.69, 9.17) is 9.47 Å². The van der Waals surface area contributed by atoms with Crippen LogP contribution in [0.2, 0.25) is 0 Å². The molecule has 0 N–H and O–H groups in total. The van der Waals surface area contributed by atoms with E-state index in [2.05, 4.69) is 15.9 Å². The van der Waals surface area contributed by atoms with E-state index in [1.807, 2.05) is 30.3 Å². The average Bonchev–Trinajstić information content (AvgIpc) is 2.70. The van der Waals surface area contributed by atoms with Gasteiger partial charge in [-0.2, -0.15) is 0 Å². The molecule has 5 nitrogen and oxygen atoms in total. The molecule has 0 aromatic heterocycles. The van der Waals surface area contributed by atoms with Crippen molar-refractivity contribution in [2.45, 2.75) is 51.7 Å². The summed E-state index contributed by atoms with van der Waals surface area (Å²) < 4.78 is 11.8. The Morgan fingerprint density at radius 1 is 1.00 bits per heavy atom. The number of aldehydes is 1. The molecule has 0 spiro atoms. The van der Waals surface area contributed by atoms with Gasteiger partial charge in [0.25, 0.3) is 0 Å². The highest BCUT2D eigenvalue weighted by Gasteiger charge is 2.44. The minimum Gasteiger partial charge on any atom is -0.461 e. The Kier molecular flexibility index (Phi) is 7.96. The minimum atomic E-state index is -1.24. The van der Waals surface area contributed by atoms with Crippen molar-refractivity contribution in [1.82, 2.24) is 0 Å². The Morgan fingerprint density at radius 3 is 2.13 bits per heavy atom. The lowest BCUT2D eigenvalue weighted by atomic mass is 9.71. The first-order valence-corrected chi connectivity index (χ1v) is 10.5. The lowest BCUT2D eigenvalue weighted by Crippen LogP contribution is -2.43. The van der Waals surface area contributed by atoms with Gasteiger partial charge in [-0.25, -0.2) is 0 Å². The summed E-state index contributed by atoms with van der Waals surface area (Å²) in [6, 6.07) is 16.3. The number of rotatable bonds is 8. The van der Waals surface area contributed by atoms with Gasteiger partial charge < -0.3 is 14.3 Å². The Morgan fingerprint density at radius 2 is 1.60 bits per heavy atom. The van der Waals surface area contributed by atoms with Gasteiger partial charge in [0.2, 0.25) is 0 Å². The third-order valence-corrected chi connectivity index (χ3v) is 5.27. The molecule has 160 valence electrons. The van der Waals surface area contributed by atoms with Crippen LogP contribution in [0.25, 0.3) is 0 Å². The van der Waals surface area contributed by atoms with Crippen molar-refractivity contribution in [3.8, 4) is 0 Å². The number of esters is 2. The molecule has 0 saturated carbocycles. The van der Waals surface area contributed by atoms with Crippen LogP contribution in [0.3, 0.4) is 0 Å². The highest BCUT2D eigenvalue weighted by molar-refractivity contribution is 9.10. The minimum absolute atomic E-state index is 0.0797. The van der Waals surface area contributed by atoms with E-state index in [0.717, 1.165) is 10.0 Å². The van der Waals surface area contributed by atoms with E-state index in [1.54, 1.807) is 52.0 Å². The molecule has 0 aliphatic heterocycles. The molecule has 2 aromatic carbocycles. The van der Waals surface area contributed by atoms with Crippen molar-refractivity contribution in [2.24, 2.45) is 5.92 Å². The number of benzene rings is 2. The zero-order chi connectivity index (χ0) is 22.4. The molecule has 30 heavy (non-hydrogen) atoms. The smallest absolute Gasteiger partial charge is 0.311 e. The third-order valence-electron chi connectivity index (χ3n) is 4.74. The molecule has 6 heteroatoms. The van der Waals surface area contributed by atoms with Gasteiger partial charge in [0.1, 0.15) is 18.5 Å². The van der Waals surface area contributed by atoms with Gasteiger partial charge in [0, 0.05) is 4.47 Å². The van der Waals surface area contributed by atoms with Gasteiger partial charge in [0.15, 0.2) is 0 Å². The van der Waals surface area contributed by atoms with Crippen LogP contribution in [-0.2, 0) is 35.9 Å². The maximum absolute atomic E-state index is 13.0. The molecule has 0 unspecified atom stereocenters. The normalized spacial score (nSPS) is 14.3. The monoisotopic (exact) mass is 474 g/mol. The van der Waals surface area contributed by atoms with Crippen molar-refractivity contribution < 1.29 is 23.9 Å². The second-order valence-corrected chi connectivity index (χ2v) is 9.26. The van der Waals surface area contributed by atoms with E-state index in [9.17, 15) is 14.4 Å². The number of ether oxygens (including phenoxy) is 2. The summed E-state index contributed by atoms with van der Waals surface area (Å²) in [4.78, 5) is 37.8. The molecule has 0 fully saturated rings. The fraction of sp³-hybridized carbons (Fsp3) is 0.375. The van der Waals surface area contributed by atoms with Crippen LogP contribution in [0, 0.1) is 5.92 Å². The Labute approximate surface area is 185 Å². The second kappa shape index (κ2) is 10.0. The highest BCUT2D eigenvalue weighted by atomic mass is 79.9. The fourth-order valence-electron chi connectivity index (χ4n) is 3.03. The number of carbonyl (C=O) groups is 3. The molecule has 0 aliphatic carbocycles. The first-order valence-electron chi connectivity index (χ1n) is 9.70. The van der Waals surface area contributed by atoms with E-state index < -0.39 is 28.9 Å². The van der Waals surface area contributed by atoms with Crippen molar-refractivity contribution >= 4 is 34.2 Å². The van der Waals surface area contributed by atoms with E-state index in [0.29, 0.717) is 11.8 Å². The van der Waals surface area contributed by atoms with Gasteiger partial charge in [-0.05, 0) is 51.0 Å². The summed E-state index contributed by atoms with van der Waals surface area (Å²) in [7, 11) is 0. The molecule has 0 saturated heterocycles. The van der Waals surface area contributed by atoms with Gasteiger partial charge >= 0.3 is 11.9 Å². The van der Waals surface area contributed by atoms with E-state index >= 15 is 0 Å². The standard InChI is InChI=1S/C24H27BrO5/c1-23(2,3)30-22(28)20(24(4,16-26)18-8-6-5-7-9-18)14-21(27)29-15-17-10-12-19(25)13-11-17/h5-13,16,20H,14-15H2,1-4H3/t20-,24+/m0/s1. The molecule has 0 heterocycles. The fourth-order valence-corrected chi connectivity index (χ4v) is 3.30. The van der Waals surface area contributed by atoms with Crippen LogP contribution < -0.4 is 0 Å². The van der Waals surface area contributed by atoms with Crippen molar-refractivity contribution in [3.63, 3.8) is 0 Å². The summed E-state index contributed by atoms with van der Waals surface area (Å²) >= 11 is 3.36. The van der Waals surface area contributed by atoms with Crippen LogP contribution in [-0.4, -0.2) is 23.8 Å². The van der Waals surface area contributed by atoms with Crippen molar-refractivity contribution in [3.05, 3.63) is 70.2 Å². The molecule has 2 atom stereocenters. The zero-order valence-corrected chi connectivity index (χ0v) is 19.3. The summed E-state index contributed by atoms with van der Waals surface area (Å²) in [6.45, 7) is 6.96. The maximum atomic E-state index is 13.0. The molecule has 2 rings (SSSR count). The number of carbonyl (C=O) groups excluding carboxylic acids is 3. The largest absolute Gasteiger partial charge is 0.461 e. The van der Waals surface area contributed by atoms with Crippen LogP contribution in [0.15, 0.2) is 59.1 Å². The molecule has 0 aliphatic rings. The first kappa shape index (κ1) is 23.8. The van der Waals surface area contributed by atoms with E-state index in [-0.39, 0.29) is 13.0 Å². The molecule has 2 aromatic rings. The summed E-state index contributed by atoms with van der Waals surface area (Å²) in [5, 5.41) is 0. The van der Waals surface area contributed by atoms with Gasteiger partial charge in [-0.15, -0.1) is 0 Å². The van der Waals surface area contributed by atoms with E-state index in [1.165, 1.54) is 0 Å². The highest BCUT2D eigenvalue weighted by Crippen LogP contribution is 2.35. The molecule has 0 amide bonds. The van der Waals surface area contributed by atoms with Crippen LogP contribution >= 0.6 is 15.9 Å². The molecular weight excluding hydrogens is 448 g/mol. The summed E-state index contributed by atoms with van der Waals surface area (Å²) in [6.07, 6.45) is 0.439. The third kappa shape index (κ3) is 6.52. The van der Waals surface area contributed by atoms with Crippen molar-refractivity contribution in [2.75, 3.05) is 0 Å². The number of halogens is 1. The quantitative estimate of drug-likeness (QED) is 0.397. The van der Waals surface area contributed by atoms with Crippen LogP contribution in [0.1, 0.15) is 45.2 Å². The Hall–Kier alpha value is -2.47. The number of hydrogen-bond donors (Lipinski definition) is 0. The first-order chi connectivity index (χ1) is 14.0. The molecular formula is C24H27BrO5. The second-order valence-electron chi connectivity index (χ2n) is 8.34. The Balaban J connectivity index is 2.24. The summed E-state index contributed by atoms with van der Waals surface area (Å²) in [5.41, 5.74) is -0.532. The predicted molar refractivity (Wildman–Crippen MR) is 118 cm³/mol. The van der Waals surface area contributed by atoms with Crippen LogP contribution in [0.4, 0.5) is 0 Å². The van der Waals surface area contributed by atoms with Crippen LogP contribution in [0.5, 0.6) is 0 Å². The van der Waals surface area contributed by atoms with Gasteiger partial charge in [-0.3, -0.25) is 9.59 Å². The van der Waals surface area contributed by atoms with Gasteiger partial charge in [-0.1, -0.05) is 58.4 Å². The SMILES string of the molecule is CC(C)(C)OC(=O)[C@H](CC(=O)OCc1ccc(Br)cc1)[C@](C)(C=O)c1ccccc1. The topological polar surface area (TPSA) is 69.7 Å². The summed E-state index contributed by atoms with van der Waals surface area (Å²) in [5.74, 6) is -2.20. The molecule has 0 radical (unpaired) electrons.